The molecule has 2 aromatic carbocycles. The van der Waals surface area contributed by atoms with Gasteiger partial charge >= 0.3 is 6.18 Å². The lowest BCUT2D eigenvalue weighted by Crippen LogP contribution is -2.29. The summed E-state index contributed by atoms with van der Waals surface area (Å²) in [6.07, 6.45) is -4.64. The predicted molar refractivity (Wildman–Crippen MR) is 59.7 cm³/mol. The second kappa shape index (κ2) is 4.04. The summed E-state index contributed by atoms with van der Waals surface area (Å²) in [6.45, 7) is 0. The Morgan fingerprint density at radius 1 is 0.947 bits per heavy atom. The minimum atomic E-state index is -4.64. The van der Waals surface area contributed by atoms with Gasteiger partial charge in [-0.25, -0.2) is 0 Å². The third kappa shape index (κ3) is 2.03. The zero-order valence-corrected chi connectivity index (χ0v) is 9.12. The fraction of sp³-hybridized carbons (Fsp3) is 0.0833. The molecule has 1 N–H and O–H groups in total. The SMILES string of the molecule is O=c1c(O)c(-c2cccc(C(F)(F)F)c2)c(=O)c1=O. The van der Waals surface area contributed by atoms with Crippen LogP contribution in [-0.4, -0.2) is 5.11 Å². The van der Waals surface area contributed by atoms with Crippen LogP contribution in [0, 0.1) is 0 Å². The monoisotopic (exact) mass is 270 g/mol. The molecular weight excluding hydrogens is 265 g/mol. The topological polar surface area (TPSA) is 71.4 Å². The molecule has 98 valence electrons. The molecule has 0 bridgehead atoms. The van der Waals surface area contributed by atoms with E-state index in [1.165, 1.54) is 0 Å². The molecule has 0 heterocycles. The Bertz CT molecular complexity index is 783. The number of alkyl halides is 3. The van der Waals surface area contributed by atoms with Crippen molar-refractivity contribution in [2.75, 3.05) is 0 Å². The molecule has 0 amide bonds. The molecule has 0 fully saturated rings. The molecular formula is C12H5F3O4. The summed E-state index contributed by atoms with van der Waals surface area (Å²) in [5.41, 5.74) is -6.23. The average Bonchev–Trinajstić information content (AvgIpc) is 2.53. The van der Waals surface area contributed by atoms with Crippen LogP contribution in [0.15, 0.2) is 38.6 Å². The molecule has 4 nitrogen and oxygen atoms in total. The van der Waals surface area contributed by atoms with E-state index in [4.69, 9.17) is 0 Å². The van der Waals surface area contributed by atoms with Gasteiger partial charge in [0, 0.05) is 0 Å². The van der Waals surface area contributed by atoms with Crippen LogP contribution in [0.1, 0.15) is 5.56 Å². The zero-order chi connectivity index (χ0) is 14.4. The molecule has 7 heteroatoms. The Morgan fingerprint density at radius 2 is 1.58 bits per heavy atom. The van der Waals surface area contributed by atoms with Gasteiger partial charge in [0.15, 0.2) is 5.75 Å². The van der Waals surface area contributed by atoms with Gasteiger partial charge in [0.2, 0.25) is 5.43 Å². The Hall–Kier alpha value is -2.44. The first-order valence-corrected chi connectivity index (χ1v) is 4.97. The Morgan fingerprint density at radius 3 is 2.05 bits per heavy atom. The summed E-state index contributed by atoms with van der Waals surface area (Å²) in [7, 11) is 0. The van der Waals surface area contributed by atoms with Gasteiger partial charge in [0.05, 0.1) is 11.1 Å². The van der Waals surface area contributed by atoms with Crippen molar-refractivity contribution in [3.05, 3.63) is 60.5 Å². The van der Waals surface area contributed by atoms with E-state index in [9.17, 15) is 32.7 Å². The smallest absolute Gasteiger partial charge is 0.416 e. The van der Waals surface area contributed by atoms with E-state index in [2.05, 4.69) is 0 Å². The molecule has 0 aliphatic carbocycles. The molecule has 2 aromatic rings. The second-order valence-electron chi connectivity index (χ2n) is 3.79. The third-order valence-electron chi connectivity index (χ3n) is 2.57. The van der Waals surface area contributed by atoms with Crippen molar-refractivity contribution in [1.82, 2.24) is 0 Å². The maximum atomic E-state index is 12.5. The Labute approximate surface area is 103 Å². The largest absolute Gasteiger partial charge is 0.503 e. The minimum absolute atomic E-state index is 0.323. The van der Waals surface area contributed by atoms with Gasteiger partial charge in [0.1, 0.15) is 0 Å². The number of hydrogen-bond donors (Lipinski definition) is 1. The number of hydrogen-bond acceptors (Lipinski definition) is 4. The molecule has 19 heavy (non-hydrogen) atoms. The van der Waals surface area contributed by atoms with Crippen LogP contribution < -0.4 is 16.3 Å². The van der Waals surface area contributed by atoms with Crippen LogP contribution in [0.4, 0.5) is 13.2 Å². The predicted octanol–water partition coefficient (Wildman–Crippen LogP) is 1.03. The van der Waals surface area contributed by atoms with Crippen molar-refractivity contribution in [1.29, 1.82) is 0 Å². The zero-order valence-electron chi connectivity index (χ0n) is 9.12. The van der Waals surface area contributed by atoms with Crippen LogP contribution in [0.25, 0.3) is 11.1 Å². The maximum Gasteiger partial charge on any atom is 0.416 e. The highest BCUT2D eigenvalue weighted by atomic mass is 19.4. The van der Waals surface area contributed by atoms with Crippen LogP contribution in [0.5, 0.6) is 5.75 Å². The lowest BCUT2D eigenvalue weighted by Gasteiger charge is -2.07. The van der Waals surface area contributed by atoms with Gasteiger partial charge in [-0.05, 0) is 17.7 Å². The fourth-order valence-electron chi connectivity index (χ4n) is 1.66. The summed E-state index contributed by atoms with van der Waals surface area (Å²) >= 11 is 0. The van der Waals surface area contributed by atoms with Crippen LogP contribution in [-0.2, 0) is 6.18 Å². The molecule has 0 aliphatic rings. The minimum Gasteiger partial charge on any atom is -0.503 e. The summed E-state index contributed by atoms with van der Waals surface area (Å²) in [5, 5.41) is 9.35. The van der Waals surface area contributed by atoms with E-state index in [0.717, 1.165) is 18.2 Å². The molecule has 0 saturated heterocycles. The summed E-state index contributed by atoms with van der Waals surface area (Å²) in [5.74, 6) is -1.12. The van der Waals surface area contributed by atoms with Crippen molar-refractivity contribution in [3.63, 3.8) is 0 Å². The molecule has 2 rings (SSSR count). The van der Waals surface area contributed by atoms with Crippen molar-refractivity contribution in [3.8, 4) is 16.9 Å². The van der Waals surface area contributed by atoms with E-state index in [1.54, 1.807) is 0 Å². The molecule has 0 aliphatic heterocycles. The molecule has 0 radical (unpaired) electrons. The molecule has 0 unspecified atom stereocenters. The molecule has 0 aromatic heterocycles. The first-order chi connectivity index (χ1) is 8.73. The van der Waals surface area contributed by atoms with Gasteiger partial charge in [-0.15, -0.1) is 0 Å². The van der Waals surface area contributed by atoms with Crippen molar-refractivity contribution in [2.24, 2.45) is 0 Å². The van der Waals surface area contributed by atoms with E-state index in [1.807, 2.05) is 0 Å². The van der Waals surface area contributed by atoms with Gasteiger partial charge in [-0.2, -0.15) is 13.2 Å². The second-order valence-corrected chi connectivity index (χ2v) is 3.79. The average molecular weight is 270 g/mol. The maximum absolute atomic E-state index is 12.5. The lowest BCUT2D eigenvalue weighted by molar-refractivity contribution is -0.137. The third-order valence-corrected chi connectivity index (χ3v) is 2.57. The quantitative estimate of drug-likeness (QED) is 0.786. The van der Waals surface area contributed by atoms with Crippen molar-refractivity contribution < 1.29 is 18.3 Å². The van der Waals surface area contributed by atoms with E-state index in [-0.39, 0.29) is 5.56 Å². The van der Waals surface area contributed by atoms with E-state index < -0.39 is 39.3 Å². The number of benzene rings is 1. The number of aromatic hydroxyl groups is 1. The van der Waals surface area contributed by atoms with Crippen molar-refractivity contribution in [2.45, 2.75) is 6.18 Å². The van der Waals surface area contributed by atoms with Crippen LogP contribution in [0.3, 0.4) is 0 Å². The lowest BCUT2D eigenvalue weighted by atomic mass is 10.0. The highest BCUT2D eigenvalue weighted by Gasteiger charge is 2.31. The number of rotatable bonds is 1. The molecule has 0 saturated carbocycles. The highest BCUT2D eigenvalue weighted by Crippen LogP contribution is 2.32. The summed E-state index contributed by atoms with van der Waals surface area (Å²) < 4.78 is 37.5. The molecule has 0 atom stereocenters. The van der Waals surface area contributed by atoms with E-state index in [0.29, 0.717) is 6.07 Å². The molecule has 0 spiro atoms. The van der Waals surface area contributed by atoms with Crippen LogP contribution in [0.2, 0.25) is 0 Å². The van der Waals surface area contributed by atoms with E-state index >= 15 is 0 Å². The highest BCUT2D eigenvalue weighted by molar-refractivity contribution is 5.71. The normalized spacial score (nSPS) is 11.7. The summed E-state index contributed by atoms with van der Waals surface area (Å²) in [6, 6.07) is 3.48. The number of halogens is 3. The van der Waals surface area contributed by atoms with Gasteiger partial charge in [-0.3, -0.25) is 14.4 Å². The van der Waals surface area contributed by atoms with Gasteiger partial charge < -0.3 is 5.11 Å². The van der Waals surface area contributed by atoms with Crippen LogP contribution >= 0.6 is 0 Å². The standard InChI is InChI=1S/C12H5F3O4/c13-12(14,15)6-3-1-2-5(4-6)7-8(16)10(18)11(19)9(7)17/h1-4,16H. The van der Waals surface area contributed by atoms with Gasteiger partial charge in [0.25, 0.3) is 10.9 Å². The first-order valence-electron chi connectivity index (χ1n) is 4.97. The first kappa shape index (κ1) is 13.0. The fourth-order valence-corrected chi connectivity index (χ4v) is 1.66. The Balaban J connectivity index is 2.75. The van der Waals surface area contributed by atoms with Crippen molar-refractivity contribution >= 4 is 0 Å². The summed E-state index contributed by atoms with van der Waals surface area (Å²) in [4.78, 5) is 33.6. The Kier molecular flexibility index (Phi) is 2.77. The van der Waals surface area contributed by atoms with Gasteiger partial charge in [-0.1, -0.05) is 12.1 Å².